The van der Waals surface area contributed by atoms with Crippen molar-refractivity contribution < 1.29 is 9.59 Å². The molecule has 2 rings (SSSR count). The van der Waals surface area contributed by atoms with Crippen molar-refractivity contribution in [2.75, 3.05) is 33.7 Å². The fourth-order valence-electron chi connectivity index (χ4n) is 3.24. The van der Waals surface area contributed by atoms with Gasteiger partial charge in [-0.2, -0.15) is 0 Å². The smallest absolute Gasteiger partial charge is 0.242 e. The van der Waals surface area contributed by atoms with Crippen LogP contribution in [0.3, 0.4) is 0 Å². The zero-order valence-corrected chi connectivity index (χ0v) is 17.9. The summed E-state index contributed by atoms with van der Waals surface area (Å²) >= 11 is 0. The molecule has 0 aromatic heterocycles. The van der Waals surface area contributed by atoms with E-state index in [0.717, 1.165) is 38.5 Å². The third-order valence-corrected chi connectivity index (χ3v) is 4.68. The summed E-state index contributed by atoms with van der Waals surface area (Å²) in [7, 11) is 3.62. The maximum atomic E-state index is 12.6. The molecule has 2 aliphatic carbocycles. The van der Waals surface area contributed by atoms with Crippen molar-refractivity contribution in [2.24, 2.45) is 10.4 Å². The van der Waals surface area contributed by atoms with Crippen LogP contribution >= 0.6 is 24.0 Å². The van der Waals surface area contributed by atoms with E-state index in [1.807, 2.05) is 21.0 Å². The van der Waals surface area contributed by atoms with Crippen molar-refractivity contribution in [3.05, 3.63) is 0 Å². The number of carbonyl (C=O) groups is 2. The molecule has 0 bridgehead atoms. The highest BCUT2D eigenvalue weighted by Gasteiger charge is 2.42. The summed E-state index contributed by atoms with van der Waals surface area (Å²) in [5.41, 5.74) is -0.351. The summed E-state index contributed by atoms with van der Waals surface area (Å²) in [6, 6.07) is 0.350. The maximum Gasteiger partial charge on any atom is 0.242 e. The fourth-order valence-corrected chi connectivity index (χ4v) is 3.24. The number of nitrogens with zero attached hydrogens (tertiary/aromatic N) is 2. The molecule has 8 heteroatoms. The lowest BCUT2D eigenvalue weighted by Crippen LogP contribution is -2.49. The van der Waals surface area contributed by atoms with Gasteiger partial charge in [0.1, 0.15) is 6.54 Å². The summed E-state index contributed by atoms with van der Waals surface area (Å²) in [6.45, 7) is 3.36. The van der Waals surface area contributed by atoms with E-state index in [9.17, 15) is 9.59 Å². The average Bonchev–Trinajstić information content (AvgIpc) is 3.23. The number of carbonyl (C=O) groups excluding carboxylic acids is 2. The van der Waals surface area contributed by atoms with Crippen LogP contribution in [0.2, 0.25) is 0 Å². The lowest BCUT2D eigenvalue weighted by Gasteiger charge is -2.31. The van der Waals surface area contributed by atoms with Gasteiger partial charge in [0, 0.05) is 33.2 Å². The molecule has 144 valence electrons. The standard InChI is InChI=1S/C17H31N5O2.HI/c1-4-18-16(19-11-14(23)21-13-7-8-13)20-12-17(9-5-6-10-17)15(24)22(2)3;/h13H,4-12H2,1-3H3,(H,21,23)(H2,18,19,20);1H. The molecule has 0 aliphatic heterocycles. The van der Waals surface area contributed by atoms with Gasteiger partial charge < -0.3 is 20.9 Å². The first-order valence-corrected chi connectivity index (χ1v) is 9.00. The Morgan fingerprint density at radius 1 is 1.16 bits per heavy atom. The third-order valence-electron chi connectivity index (χ3n) is 4.68. The number of nitrogens with one attached hydrogen (secondary N) is 3. The Morgan fingerprint density at radius 3 is 2.32 bits per heavy atom. The first-order chi connectivity index (χ1) is 11.5. The molecular formula is C17H32IN5O2. The second-order valence-electron chi connectivity index (χ2n) is 7.08. The van der Waals surface area contributed by atoms with Gasteiger partial charge in [0.15, 0.2) is 5.96 Å². The molecule has 3 N–H and O–H groups in total. The third kappa shape index (κ3) is 6.63. The summed E-state index contributed by atoms with van der Waals surface area (Å²) in [5, 5.41) is 9.35. The van der Waals surface area contributed by atoms with Gasteiger partial charge in [-0.25, -0.2) is 4.99 Å². The topological polar surface area (TPSA) is 85.8 Å². The van der Waals surface area contributed by atoms with Crippen molar-refractivity contribution in [3.8, 4) is 0 Å². The van der Waals surface area contributed by atoms with Crippen LogP contribution in [0, 0.1) is 5.41 Å². The average molecular weight is 465 g/mol. The predicted molar refractivity (Wildman–Crippen MR) is 110 cm³/mol. The van der Waals surface area contributed by atoms with E-state index in [-0.39, 0.29) is 47.8 Å². The van der Waals surface area contributed by atoms with E-state index in [0.29, 0.717) is 25.1 Å². The quantitative estimate of drug-likeness (QED) is 0.299. The van der Waals surface area contributed by atoms with Gasteiger partial charge in [0.2, 0.25) is 11.8 Å². The minimum atomic E-state index is -0.351. The Labute approximate surface area is 167 Å². The second-order valence-corrected chi connectivity index (χ2v) is 7.08. The molecule has 0 radical (unpaired) electrons. The predicted octanol–water partition coefficient (Wildman–Crippen LogP) is 1.09. The molecule has 0 aromatic carbocycles. The fraction of sp³-hybridized carbons (Fsp3) is 0.824. The number of guanidine groups is 1. The normalized spacial score (nSPS) is 18.9. The maximum absolute atomic E-state index is 12.6. The lowest BCUT2D eigenvalue weighted by atomic mass is 9.84. The highest BCUT2D eigenvalue weighted by molar-refractivity contribution is 14.0. The van der Waals surface area contributed by atoms with E-state index in [1.54, 1.807) is 4.90 Å². The minimum Gasteiger partial charge on any atom is -0.357 e. The largest absolute Gasteiger partial charge is 0.357 e. The van der Waals surface area contributed by atoms with Crippen molar-refractivity contribution in [2.45, 2.75) is 51.5 Å². The number of aliphatic imine (C=N–C) groups is 1. The number of amides is 2. The minimum absolute atomic E-state index is 0. The van der Waals surface area contributed by atoms with Gasteiger partial charge in [0.25, 0.3) is 0 Å². The zero-order valence-electron chi connectivity index (χ0n) is 15.6. The Kier molecular flexibility index (Phi) is 8.95. The van der Waals surface area contributed by atoms with E-state index >= 15 is 0 Å². The summed E-state index contributed by atoms with van der Waals surface area (Å²) < 4.78 is 0. The van der Waals surface area contributed by atoms with Crippen LogP contribution in [0.4, 0.5) is 0 Å². The van der Waals surface area contributed by atoms with Gasteiger partial charge in [0.05, 0.1) is 5.41 Å². The van der Waals surface area contributed by atoms with Crippen LogP contribution in [0.25, 0.3) is 0 Å². The van der Waals surface area contributed by atoms with Crippen LogP contribution in [0.5, 0.6) is 0 Å². The van der Waals surface area contributed by atoms with Gasteiger partial charge in [-0.15, -0.1) is 24.0 Å². The number of hydrogen-bond acceptors (Lipinski definition) is 3. The van der Waals surface area contributed by atoms with Crippen LogP contribution in [0.1, 0.15) is 45.4 Å². The summed E-state index contributed by atoms with van der Waals surface area (Å²) in [6.07, 6.45) is 6.11. The molecular weight excluding hydrogens is 433 g/mol. The van der Waals surface area contributed by atoms with Crippen LogP contribution < -0.4 is 16.0 Å². The molecule has 7 nitrogen and oxygen atoms in total. The zero-order chi connectivity index (χ0) is 17.6. The number of hydrogen-bond donors (Lipinski definition) is 3. The van der Waals surface area contributed by atoms with Crippen molar-refractivity contribution in [1.82, 2.24) is 20.9 Å². The highest BCUT2D eigenvalue weighted by Crippen LogP contribution is 2.38. The SMILES string of the molecule is CCNC(=NCC(=O)NC1CC1)NCC1(C(=O)N(C)C)CCCC1.I. The Bertz CT molecular complexity index is 485. The first-order valence-electron chi connectivity index (χ1n) is 9.00. The Balaban J connectivity index is 0.00000312. The van der Waals surface area contributed by atoms with Crippen LogP contribution in [-0.4, -0.2) is 62.4 Å². The van der Waals surface area contributed by atoms with Crippen LogP contribution in [-0.2, 0) is 9.59 Å². The molecule has 0 spiro atoms. The van der Waals surface area contributed by atoms with Crippen molar-refractivity contribution in [3.63, 3.8) is 0 Å². The molecule has 2 amide bonds. The lowest BCUT2D eigenvalue weighted by molar-refractivity contribution is -0.138. The molecule has 2 fully saturated rings. The number of rotatable bonds is 7. The molecule has 0 unspecified atom stereocenters. The van der Waals surface area contributed by atoms with Crippen molar-refractivity contribution in [1.29, 1.82) is 0 Å². The molecule has 0 atom stereocenters. The van der Waals surface area contributed by atoms with E-state index < -0.39 is 0 Å². The Hall–Kier alpha value is -1.06. The van der Waals surface area contributed by atoms with E-state index in [2.05, 4.69) is 20.9 Å². The summed E-state index contributed by atoms with van der Waals surface area (Å²) in [5.74, 6) is 0.728. The molecule has 0 heterocycles. The summed E-state index contributed by atoms with van der Waals surface area (Å²) in [4.78, 5) is 30.4. The van der Waals surface area contributed by atoms with Crippen molar-refractivity contribution >= 4 is 41.8 Å². The highest BCUT2D eigenvalue weighted by atomic mass is 127. The molecule has 2 saturated carbocycles. The first kappa shape index (κ1) is 22.0. The molecule has 0 aromatic rings. The molecule has 0 saturated heterocycles. The second kappa shape index (κ2) is 10.2. The van der Waals surface area contributed by atoms with Crippen LogP contribution in [0.15, 0.2) is 4.99 Å². The molecule has 25 heavy (non-hydrogen) atoms. The van der Waals surface area contributed by atoms with Gasteiger partial charge in [-0.05, 0) is 32.6 Å². The van der Waals surface area contributed by atoms with Gasteiger partial charge in [-0.3, -0.25) is 9.59 Å². The Morgan fingerprint density at radius 2 is 1.80 bits per heavy atom. The van der Waals surface area contributed by atoms with Gasteiger partial charge in [-0.1, -0.05) is 12.8 Å². The molecule has 2 aliphatic rings. The monoisotopic (exact) mass is 465 g/mol. The van der Waals surface area contributed by atoms with E-state index in [1.165, 1.54) is 0 Å². The number of halogens is 1. The van der Waals surface area contributed by atoms with E-state index in [4.69, 9.17) is 0 Å². The van der Waals surface area contributed by atoms with Gasteiger partial charge >= 0.3 is 0 Å².